The molecule has 5 heteroatoms. The Labute approximate surface area is 177 Å². The molecule has 1 amide bonds. The number of ether oxygens (including phenoxy) is 1. The van der Waals surface area contributed by atoms with Gasteiger partial charge in [0.2, 0.25) is 0 Å². The quantitative estimate of drug-likeness (QED) is 0.602. The molecule has 0 aliphatic heterocycles. The Morgan fingerprint density at radius 1 is 1.13 bits per heavy atom. The minimum Gasteiger partial charge on any atom is -0.497 e. The second-order valence-electron chi connectivity index (χ2n) is 8.17. The zero-order chi connectivity index (χ0) is 20.9. The van der Waals surface area contributed by atoms with Gasteiger partial charge >= 0.3 is 0 Å². The molecule has 5 nitrogen and oxygen atoms in total. The lowest BCUT2D eigenvalue weighted by atomic mass is 9.79. The van der Waals surface area contributed by atoms with Crippen molar-refractivity contribution in [3.8, 4) is 16.9 Å². The van der Waals surface area contributed by atoms with E-state index in [0.717, 1.165) is 42.0 Å². The van der Waals surface area contributed by atoms with Crippen LogP contribution in [0, 0.1) is 12.8 Å². The van der Waals surface area contributed by atoms with Crippen molar-refractivity contribution in [3.63, 3.8) is 0 Å². The Bertz CT molecular complexity index is 986. The molecule has 1 aliphatic rings. The lowest BCUT2D eigenvalue weighted by molar-refractivity contribution is 0.0943. The molecule has 1 aliphatic carbocycles. The van der Waals surface area contributed by atoms with Gasteiger partial charge < -0.3 is 15.0 Å². The monoisotopic (exact) mass is 403 g/mol. The van der Waals surface area contributed by atoms with E-state index in [2.05, 4.69) is 27.4 Å². The molecular weight excluding hydrogens is 374 g/mol. The van der Waals surface area contributed by atoms with Gasteiger partial charge in [0.05, 0.1) is 12.7 Å². The molecule has 0 radical (unpaired) electrons. The van der Waals surface area contributed by atoms with Crippen LogP contribution >= 0.6 is 0 Å². The van der Waals surface area contributed by atoms with E-state index in [9.17, 15) is 4.79 Å². The predicted molar refractivity (Wildman–Crippen MR) is 119 cm³/mol. The first-order chi connectivity index (χ1) is 14.6. The van der Waals surface area contributed by atoms with Crippen LogP contribution in [0.1, 0.15) is 53.2 Å². The Morgan fingerprint density at radius 2 is 1.90 bits per heavy atom. The van der Waals surface area contributed by atoms with E-state index in [1.807, 2.05) is 43.6 Å². The molecule has 1 aromatic carbocycles. The average Bonchev–Trinajstić information content (AvgIpc) is 3.28. The second kappa shape index (κ2) is 9.16. The highest BCUT2D eigenvalue weighted by atomic mass is 16.5. The van der Waals surface area contributed by atoms with Crippen LogP contribution in [0.4, 0.5) is 0 Å². The highest BCUT2D eigenvalue weighted by Gasteiger charge is 2.23. The molecular formula is C25H29N3O2. The summed E-state index contributed by atoms with van der Waals surface area (Å²) in [6.45, 7) is 2.78. The van der Waals surface area contributed by atoms with E-state index >= 15 is 0 Å². The first-order valence-electron chi connectivity index (χ1n) is 10.7. The van der Waals surface area contributed by atoms with E-state index < -0.39 is 0 Å². The molecule has 0 unspecified atom stereocenters. The number of amides is 1. The lowest BCUT2D eigenvalue weighted by Gasteiger charge is -2.29. The smallest absolute Gasteiger partial charge is 0.253 e. The topological polar surface area (TPSA) is 67.0 Å². The fraction of sp³-hybridized carbons (Fsp3) is 0.360. The summed E-state index contributed by atoms with van der Waals surface area (Å²) < 4.78 is 5.22. The Balaban J connectivity index is 1.32. The van der Waals surface area contributed by atoms with E-state index in [4.69, 9.17) is 4.74 Å². The standard InChI is InChI=1S/C25H29N3O2/c1-17-13-21(11-12-27-17)19-5-3-18(4-6-19)14-28-25(29)24-16-26-15-23(24)20-7-9-22(30-2)10-8-20/h7-13,15-16,18-19,26H,3-6,14H2,1-2H3,(H,28,29). The number of nitrogens with one attached hydrogen (secondary N) is 2. The fourth-order valence-electron chi connectivity index (χ4n) is 4.41. The van der Waals surface area contributed by atoms with Crippen molar-refractivity contribution in [3.05, 3.63) is 71.8 Å². The molecule has 4 rings (SSSR count). The van der Waals surface area contributed by atoms with Crippen molar-refractivity contribution < 1.29 is 9.53 Å². The number of nitrogens with zero attached hydrogens (tertiary/aromatic N) is 1. The third-order valence-electron chi connectivity index (χ3n) is 6.18. The summed E-state index contributed by atoms with van der Waals surface area (Å²) in [5.74, 6) is 1.94. The Morgan fingerprint density at radius 3 is 2.60 bits per heavy atom. The number of methoxy groups -OCH3 is 1. The van der Waals surface area contributed by atoms with Crippen LogP contribution in [0.3, 0.4) is 0 Å². The summed E-state index contributed by atoms with van der Waals surface area (Å²) in [7, 11) is 1.65. The molecule has 1 fully saturated rings. The molecule has 0 atom stereocenters. The third kappa shape index (κ3) is 4.56. The number of aromatic amines is 1. The van der Waals surface area contributed by atoms with E-state index in [1.165, 1.54) is 18.4 Å². The van der Waals surface area contributed by atoms with Crippen LogP contribution in [0.25, 0.3) is 11.1 Å². The minimum atomic E-state index is -0.0195. The maximum Gasteiger partial charge on any atom is 0.253 e. The maximum atomic E-state index is 12.8. The number of pyridine rings is 1. The number of rotatable bonds is 6. The number of carbonyl (C=O) groups is 1. The first kappa shape index (κ1) is 20.2. The molecule has 3 aromatic rings. The minimum absolute atomic E-state index is 0.0195. The van der Waals surface area contributed by atoms with Crippen LogP contribution in [0.2, 0.25) is 0 Å². The van der Waals surface area contributed by atoms with E-state index in [1.54, 1.807) is 13.3 Å². The van der Waals surface area contributed by atoms with Gasteiger partial charge in [0.25, 0.3) is 5.91 Å². The Hall–Kier alpha value is -3.08. The van der Waals surface area contributed by atoms with Crippen molar-refractivity contribution >= 4 is 5.91 Å². The largest absolute Gasteiger partial charge is 0.497 e. The van der Waals surface area contributed by atoms with Crippen LogP contribution in [-0.4, -0.2) is 29.5 Å². The van der Waals surface area contributed by atoms with Crippen LogP contribution in [-0.2, 0) is 0 Å². The zero-order valence-electron chi connectivity index (χ0n) is 17.7. The van der Waals surface area contributed by atoms with Gasteiger partial charge in [-0.3, -0.25) is 9.78 Å². The van der Waals surface area contributed by atoms with Crippen molar-refractivity contribution in [1.29, 1.82) is 0 Å². The number of H-pyrrole nitrogens is 1. The second-order valence-corrected chi connectivity index (χ2v) is 8.17. The number of aromatic nitrogens is 2. The van der Waals surface area contributed by atoms with Gasteiger partial charge in [-0.05, 0) is 79.8 Å². The van der Waals surface area contributed by atoms with Gasteiger partial charge in [0.1, 0.15) is 5.75 Å². The summed E-state index contributed by atoms with van der Waals surface area (Å²) in [6.07, 6.45) is 10.2. The molecule has 0 spiro atoms. The highest BCUT2D eigenvalue weighted by Crippen LogP contribution is 2.35. The zero-order valence-corrected chi connectivity index (χ0v) is 17.7. The predicted octanol–water partition coefficient (Wildman–Crippen LogP) is 5.10. The molecule has 2 aromatic heterocycles. The molecule has 0 bridgehead atoms. The number of hydrogen-bond acceptors (Lipinski definition) is 3. The van der Waals surface area contributed by atoms with Crippen molar-refractivity contribution in [2.45, 2.75) is 38.5 Å². The van der Waals surface area contributed by atoms with Crippen LogP contribution in [0.15, 0.2) is 55.0 Å². The van der Waals surface area contributed by atoms with Gasteiger partial charge in [-0.2, -0.15) is 0 Å². The van der Waals surface area contributed by atoms with E-state index in [-0.39, 0.29) is 5.91 Å². The summed E-state index contributed by atoms with van der Waals surface area (Å²) in [5, 5.41) is 3.16. The summed E-state index contributed by atoms with van der Waals surface area (Å²) >= 11 is 0. The first-order valence-corrected chi connectivity index (χ1v) is 10.7. The van der Waals surface area contributed by atoms with Gasteiger partial charge in [-0.15, -0.1) is 0 Å². The maximum absolute atomic E-state index is 12.8. The SMILES string of the molecule is COc1ccc(-c2c[nH]cc2C(=O)NCC2CCC(c3ccnc(C)c3)CC2)cc1. The molecule has 2 heterocycles. The Kier molecular flexibility index (Phi) is 6.17. The lowest BCUT2D eigenvalue weighted by Crippen LogP contribution is -2.31. The van der Waals surface area contributed by atoms with Gasteiger partial charge in [0.15, 0.2) is 0 Å². The summed E-state index contributed by atoms with van der Waals surface area (Å²) in [6, 6.07) is 12.1. The molecule has 1 saturated carbocycles. The summed E-state index contributed by atoms with van der Waals surface area (Å²) in [4.78, 5) is 20.2. The molecule has 156 valence electrons. The summed E-state index contributed by atoms with van der Waals surface area (Å²) in [5.41, 5.74) is 5.07. The fourth-order valence-corrected chi connectivity index (χ4v) is 4.41. The molecule has 2 N–H and O–H groups in total. The highest BCUT2D eigenvalue weighted by molar-refractivity contribution is 6.00. The average molecular weight is 404 g/mol. The van der Waals surface area contributed by atoms with Crippen molar-refractivity contribution in [2.75, 3.05) is 13.7 Å². The number of carbonyl (C=O) groups excluding carboxylic acids is 1. The number of hydrogen-bond donors (Lipinski definition) is 2. The van der Waals surface area contributed by atoms with Gasteiger partial charge in [-0.25, -0.2) is 0 Å². The normalized spacial score (nSPS) is 18.7. The van der Waals surface area contributed by atoms with Gasteiger partial charge in [-0.1, -0.05) is 12.1 Å². The van der Waals surface area contributed by atoms with Crippen LogP contribution in [0.5, 0.6) is 5.75 Å². The van der Waals surface area contributed by atoms with Gasteiger partial charge in [0, 0.05) is 36.4 Å². The number of aryl methyl sites for hydroxylation is 1. The van der Waals surface area contributed by atoms with Crippen molar-refractivity contribution in [2.24, 2.45) is 5.92 Å². The number of benzene rings is 1. The van der Waals surface area contributed by atoms with Crippen molar-refractivity contribution in [1.82, 2.24) is 15.3 Å². The molecule has 30 heavy (non-hydrogen) atoms. The third-order valence-corrected chi connectivity index (χ3v) is 6.18. The van der Waals surface area contributed by atoms with Crippen LogP contribution < -0.4 is 10.1 Å². The van der Waals surface area contributed by atoms with E-state index in [0.29, 0.717) is 17.4 Å². The molecule has 0 saturated heterocycles.